The summed E-state index contributed by atoms with van der Waals surface area (Å²) in [6.45, 7) is 5.48. The SMILES string of the molecule is CC(C)(C)c1ccc(Oc2coc3cc(OCC(=O)NCC(=O)O)ccc3c2=O)cc1. The molecule has 0 radical (unpaired) electrons. The molecule has 1 aromatic heterocycles. The van der Waals surface area contributed by atoms with E-state index in [0.29, 0.717) is 16.9 Å². The number of aliphatic carboxylic acids is 1. The molecule has 0 unspecified atom stereocenters. The van der Waals surface area contributed by atoms with Crippen molar-refractivity contribution in [2.24, 2.45) is 0 Å². The number of nitrogens with one attached hydrogen (secondary N) is 1. The Balaban J connectivity index is 1.72. The lowest BCUT2D eigenvalue weighted by Crippen LogP contribution is -2.33. The molecule has 0 fully saturated rings. The highest BCUT2D eigenvalue weighted by atomic mass is 16.5. The van der Waals surface area contributed by atoms with Crippen molar-refractivity contribution in [3.8, 4) is 17.2 Å². The first-order valence-electron chi connectivity index (χ1n) is 9.59. The second-order valence-corrected chi connectivity index (χ2v) is 7.92. The largest absolute Gasteiger partial charge is 0.484 e. The fourth-order valence-corrected chi connectivity index (χ4v) is 2.78. The molecule has 3 rings (SSSR count). The highest BCUT2D eigenvalue weighted by Crippen LogP contribution is 2.27. The van der Waals surface area contributed by atoms with Crippen molar-refractivity contribution in [1.82, 2.24) is 5.32 Å². The summed E-state index contributed by atoms with van der Waals surface area (Å²) < 4.78 is 16.5. The molecule has 2 aromatic carbocycles. The maximum absolute atomic E-state index is 12.7. The fourth-order valence-electron chi connectivity index (χ4n) is 2.78. The average molecular weight is 425 g/mol. The lowest BCUT2D eigenvalue weighted by molar-refractivity contribution is -0.138. The van der Waals surface area contributed by atoms with Gasteiger partial charge in [-0.2, -0.15) is 0 Å². The second kappa shape index (κ2) is 8.91. The van der Waals surface area contributed by atoms with Gasteiger partial charge < -0.3 is 24.3 Å². The van der Waals surface area contributed by atoms with Crippen LogP contribution in [0, 0.1) is 0 Å². The number of carboxylic acid groups (broad SMARTS) is 1. The predicted octanol–water partition coefficient (Wildman–Crippen LogP) is 3.46. The van der Waals surface area contributed by atoms with Gasteiger partial charge in [0.25, 0.3) is 5.91 Å². The van der Waals surface area contributed by atoms with Crippen molar-refractivity contribution >= 4 is 22.8 Å². The van der Waals surface area contributed by atoms with Crippen LogP contribution in [0.3, 0.4) is 0 Å². The summed E-state index contributed by atoms with van der Waals surface area (Å²) >= 11 is 0. The quantitative estimate of drug-likeness (QED) is 0.596. The topological polar surface area (TPSA) is 115 Å². The van der Waals surface area contributed by atoms with Gasteiger partial charge in [0.05, 0.1) is 5.39 Å². The number of benzene rings is 2. The molecule has 2 N–H and O–H groups in total. The highest BCUT2D eigenvalue weighted by Gasteiger charge is 2.14. The third kappa shape index (κ3) is 5.63. The average Bonchev–Trinajstić information content (AvgIpc) is 2.72. The number of rotatable bonds is 7. The minimum absolute atomic E-state index is 0.0111. The van der Waals surface area contributed by atoms with Crippen LogP contribution in [0.4, 0.5) is 0 Å². The van der Waals surface area contributed by atoms with Gasteiger partial charge in [0.1, 0.15) is 29.9 Å². The summed E-state index contributed by atoms with van der Waals surface area (Å²) in [5, 5.41) is 11.0. The Morgan fingerprint density at radius 3 is 2.39 bits per heavy atom. The van der Waals surface area contributed by atoms with Gasteiger partial charge in [-0.1, -0.05) is 32.9 Å². The van der Waals surface area contributed by atoms with E-state index in [1.165, 1.54) is 24.5 Å². The second-order valence-electron chi connectivity index (χ2n) is 7.92. The van der Waals surface area contributed by atoms with Crippen molar-refractivity contribution in [3.05, 3.63) is 64.5 Å². The molecule has 0 aliphatic heterocycles. The Labute approximate surface area is 178 Å². The summed E-state index contributed by atoms with van der Waals surface area (Å²) in [5.74, 6) is -0.855. The summed E-state index contributed by atoms with van der Waals surface area (Å²) in [6, 6.07) is 12.0. The van der Waals surface area contributed by atoms with Crippen molar-refractivity contribution in [2.75, 3.05) is 13.2 Å². The Kier molecular flexibility index (Phi) is 6.29. The molecule has 1 amide bonds. The summed E-state index contributed by atoms with van der Waals surface area (Å²) in [5.41, 5.74) is 1.09. The van der Waals surface area contributed by atoms with E-state index in [-0.39, 0.29) is 28.8 Å². The van der Waals surface area contributed by atoms with Crippen LogP contribution in [0.1, 0.15) is 26.3 Å². The first kappa shape index (κ1) is 21.9. The van der Waals surface area contributed by atoms with Crippen molar-refractivity contribution in [3.63, 3.8) is 0 Å². The zero-order valence-electron chi connectivity index (χ0n) is 17.4. The summed E-state index contributed by atoms with van der Waals surface area (Å²) in [6.07, 6.45) is 1.23. The van der Waals surface area contributed by atoms with Gasteiger partial charge in [0.2, 0.25) is 11.2 Å². The van der Waals surface area contributed by atoms with E-state index >= 15 is 0 Å². The molecule has 0 aliphatic carbocycles. The Morgan fingerprint density at radius 2 is 1.74 bits per heavy atom. The number of hydrogen-bond acceptors (Lipinski definition) is 6. The minimum Gasteiger partial charge on any atom is -0.484 e. The van der Waals surface area contributed by atoms with Gasteiger partial charge in [0.15, 0.2) is 6.61 Å². The molecule has 0 spiro atoms. The maximum Gasteiger partial charge on any atom is 0.322 e. The van der Waals surface area contributed by atoms with Crippen molar-refractivity contribution in [1.29, 1.82) is 0 Å². The van der Waals surface area contributed by atoms with Crippen LogP contribution in [0.2, 0.25) is 0 Å². The molecule has 0 atom stereocenters. The molecule has 0 aliphatic rings. The summed E-state index contributed by atoms with van der Waals surface area (Å²) in [7, 11) is 0. The molecule has 0 saturated heterocycles. The van der Waals surface area contributed by atoms with Crippen LogP contribution >= 0.6 is 0 Å². The lowest BCUT2D eigenvalue weighted by atomic mass is 9.87. The number of carbonyl (C=O) groups is 2. The van der Waals surface area contributed by atoms with Gasteiger partial charge in [-0.15, -0.1) is 0 Å². The first-order valence-corrected chi connectivity index (χ1v) is 9.59. The Bertz CT molecular complexity index is 1160. The van der Waals surface area contributed by atoms with Crippen LogP contribution in [0.5, 0.6) is 17.2 Å². The Morgan fingerprint density at radius 1 is 1.06 bits per heavy atom. The smallest absolute Gasteiger partial charge is 0.322 e. The lowest BCUT2D eigenvalue weighted by Gasteiger charge is -2.19. The van der Waals surface area contributed by atoms with E-state index in [0.717, 1.165) is 5.56 Å². The van der Waals surface area contributed by atoms with Crippen molar-refractivity contribution < 1.29 is 28.6 Å². The maximum atomic E-state index is 12.7. The van der Waals surface area contributed by atoms with E-state index in [1.54, 1.807) is 12.1 Å². The molecule has 0 bridgehead atoms. The van der Waals surface area contributed by atoms with E-state index in [9.17, 15) is 14.4 Å². The van der Waals surface area contributed by atoms with Crippen LogP contribution in [-0.2, 0) is 15.0 Å². The van der Waals surface area contributed by atoms with Gasteiger partial charge in [0, 0.05) is 6.07 Å². The predicted molar refractivity (Wildman–Crippen MR) is 114 cm³/mol. The number of ether oxygens (including phenoxy) is 2. The number of carboxylic acids is 1. The van der Waals surface area contributed by atoms with E-state index < -0.39 is 18.4 Å². The van der Waals surface area contributed by atoms with Crippen LogP contribution in [0.15, 0.2) is 57.9 Å². The zero-order valence-corrected chi connectivity index (χ0v) is 17.4. The minimum atomic E-state index is -1.15. The van der Waals surface area contributed by atoms with Gasteiger partial charge in [-0.05, 0) is 35.2 Å². The molecule has 31 heavy (non-hydrogen) atoms. The van der Waals surface area contributed by atoms with E-state index in [1.807, 2.05) is 12.1 Å². The molecule has 3 aromatic rings. The molecule has 0 saturated carbocycles. The monoisotopic (exact) mass is 425 g/mol. The van der Waals surface area contributed by atoms with E-state index in [2.05, 4.69) is 26.1 Å². The number of carbonyl (C=O) groups excluding carboxylic acids is 1. The van der Waals surface area contributed by atoms with Gasteiger partial charge >= 0.3 is 5.97 Å². The van der Waals surface area contributed by atoms with Crippen LogP contribution < -0.4 is 20.2 Å². The molecular weight excluding hydrogens is 402 g/mol. The van der Waals surface area contributed by atoms with Crippen LogP contribution in [0.25, 0.3) is 11.0 Å². The Hall–Kier alpha value is -3.81. The zero-order chi connectivity index (χ0) is 22.6. The van der Waals surface area contributed by atoms with Gasteiger partial charge in [-0.3, -0.25) is 14.4 Å². The van der Waals surface area contributed by atoms with Crippen LogP contribution in [-0.4, -0.2) is 30.1 Å². The first-order chi connectivity index (χ1) is 14.6. The highest BCUT2D eigenvalue weighted by molar-refractivity contribution is 5.82. The standard InChI is InChI=1S/C23H23NO7/c1-23(2,3)14-4-6-15(7-5-14)31-19-12-30-18-10-16(8-9-17(18)22(19)28)29-13-20(25)24-11-21(26)27/h4-10,12H,11,13H2,1-3H3,(H,24,25)(H,26,27). The number of hydrogen-bond donors (Lipinski definition) is 2. The third-order valence-corrected chi connectivity index (χ3v) is 4.47. The number of amides is 1. The number of fused-ring (bicyclic) bond motifs is 1. The fraction of sp³-hybridized carbons (Fsp3) is 0.261. The van der Waals surface area contributed by atoms with Gasteiger partial charge in [-0.25, -0.2) is 0 Å². The van der Waals surface area contributed by atoms with Crippen molar-refractivity contribution in [2.45, 2.75) is 26.2 Å². The molecular formula is C23H23NO7. The van der Waals surface area contributed by atoms with E-state index in [4.69, 9.17) is 19.0 Å². The third-order valence-electron chi connectivity index (χ3n) is 4.47. The molecule has 1 heterocycles. The normalized spacial score (nSPS) is 11.2. The molecule has 8 heteroatoms. The molecule has 8 nitrogen and oxygen atoms in total. The summed E-state index contributed by atoms with van der Waals surface area (Å²) in [4.78, 5) is 34.7. The molecule has 162 valence electrons.